The van der Waals surface area contributed by atoms with Crippen LogP contribution in [0.4, 0.5) is 0 Å². The van der Waals surface area contributed by atoms with Crippen LogP contribution in [0.5, 0.6) is 0 Å². The van der Waals surface area contributed by atoms with E-state index >= 15 is 0 Å². The quantitative estimate of drug-likeness (QED) is 0.444. The van der Waals surface area contributed by atoms with Crippen molar-refractivity contribution < 1.29 is 0 Å². The zero-order valence-electron chi connectivity index (χ0n) is 8.36. The third kappa shape index (κ3) is 5.42. The van der Waals surface area contributed by atoms with E-state index < -0.39 is 0 Å². The van der Waals surface area contributed by atoms with Gasteiger partial charge in [0.05, 0.1) is 5.38 Å². The number of alkyl halides is 1. The second kappa shape index (κ2) is 6.30. The van der Waals surface area contributed by atoms with Crippen LogP contribution in [0.15, 0.2) is 23.8 Å². The molecule has 0 saturated carbocycles. The van der Waals surface area contributed by atoms with Crippen LogP contribution in [0.1, 0.15) is 40.0 Å². The molecule has 0 aromatic heterocycles. The summed E-state index contributed by atoms with van der Waals surface area (Å²) >= 11 is 6.03. The average molecular weight is 187 g/mol. The van der Waals surface area contributed by atoms with Crippen molar-refractivity contribution in [2.45, 2.75) is 45.4 Å². The predicted octanol–water partition coefficient (Wildman–Crippen LogP) is 4.31. The van der Waals surface area contributed by atoms with E-state index in [1.165, 1.54) is 5.57 Å². The summed E-state index contributed by atoms with van der Waals surface area (Å²) in [5.41, 5.74) is 2.50. The molecular formula is C11H19Cl. The molecule has 0 nitrogen and oxygen atoms in total. The van der Waals surface area contributed by atoms with Gasteiger partial charge < -0.3 is 0 Å². The van der Waals surface area contributed by atoms with Crippen molar-refractivity contribution in [2.75, 3.05) is 0 Å². The smallest absolute Gasteiger partial charge is 0.0543 e. The Bertz CT molecular complexity index is 168. The fraction of sp³-hybridized carbons (Fsp3) is 0.636. The minimum Gasteiger partial charge on any atom is -0.118 e. The molecule has 12 heavy (non-hydrogen) atoms. The fourth-order valence-electron chi connectivity index (χ4n) is 1.05. The summed E-state index contributed by atoms with van der Waals surface area (Å²) in [4.78, 5) is 0. The molecule has 0 aromatic rings. The molecule has 0 bridgehead atoms. The summed E-state index contributed by atoms with van der Waals surface area (Å²) in [7, 11) is 0. The molecule has 0 radical (unpaired) electrons. The van der Waals surface area contributed by atoms with E-state index in [0.717, 1.165) is 24.8 Å². The van der Waals surface area contributed by atoms with Gasteiger partial charge in [0.2, 0.25) is 0 Å². The van der Waals surface area contributed by atoms with Gasteiger partial charge in [0.25, 0.3) is 0 Å². The SMILES string of the molecule is C=C(C)C(Cl)CC/C(C)=C/CC. The number of halogens is 1. The molecule has 0 aliphatic carbocycles. The molecule has 0 N–H and O–H groups in total. The number of hydrogen-bond acceptors (Lipinski definition) is 0. The third-order valence-corrected chi connectivity index (χ3v) is 2.47. The largest absolute Gasteiger partial charge is 0.118 e. The Labute approximate surface area is 81.3 Å². The van der Waals surface area contributed by atoms with Gasteiger partial charge in [0.1, 0.15) is 0 Å². The van der Waals surface area contributed by atoms with Crippen molar-refractivity contribution in [3.05, 3.63) is 23.8 Å². The van der Waals surface area contributed by atoms with E-state index in [2.05, 4.69) is 26.5 Å². The Morgan fingerprint density at radius 2 is 2.08 bits per heavy atom. The van der Waals surface area contributed by atoms with Gasteiger partial charge in [-0.2, -0.15) is 0 Å². The summed E-state index contributed by atoms with van der Waals surface area (Å²) in [6, 6.07) is 0. The third-order valence-electron chi connectivity index (χ3n) is 1.88. The lowest BCUT2D eigenvalue weighted by Gasteiger charge is -2.08. The van der Waals surface area contributed by atoms with Gasteiger partial charge >= 0.3 is 0 Å². The molecule has 0 amide bonds. The fourth-order valence-corrected chi connectivity index (χ4v) is 1.16. The summed E-state index contributed by atoms with van der Waals surface area (Å²) in [5.74, 6) is 0. The Morgan fingerprint density at radius 1 is 1.50 bits per heavy atom. The van der Waals surface area contributed by atoms with E-state index in [-0.39, 0.29) is 5.38 Å². The van der Waals surface area contributed by atoms with E-state index in [4.69, 9.17) is 11.6 Å². The molecule has 0 heterocycles. The minimum atomic E-state index is 0.144. The number of rotatable bonds is 5. The maximum atomic E-state index is 6.03. The van der Waals surface area contributed by atoms with E-state index in [0.29, 0.717) is 0 Å². The lowest BCUT2D eigenvalue weighted by molar-refractivity contribution is 0.808. The second-order valence-corrected chi connectivity index (χ2v) is 3.84. The minimum absolute atomic E-state index is 0.144. The van der Waals surface area contributed by atoms with Crippen LogP contribution < -0.4 is 0 Å². The van der Waals surface area contributed by atoms with E-state index in [1.807, 2.05) is 6.92 Å². The van der Waals surface area contributed by atoms with Crippen LogP contribution in [0.3, 0.4) is 0 Å². The van der Waals surface area contributed by atoms with E-state index in [1.54, 1.807) is 0 Å². The molecule has 1 atom stereocenters. The lowest BCUT2D eigenvalue weighted by atomic mass is 10.1. The first-order valence-corrected chi connectivity index (χ1v) is 4.96. The van der Waals surface area contributed by atoms with Crippen LogP contribution in [0.25, 0.3) is 0 Å². The summed E-state index contributed by atoms with van der Waals surface area (Å²) in [5, 5.41) is 0.144. The maximum Gasteiger partial charge on any atom is 0.0543 e. The van der Waals surface area contributed by atoms with Crippen molar-refractivity contribution in [1.82, 2.24) is 0 Å². The molecule has 1 unspecified atom stereocenters. The molecule has 0 saturated heterocycles. The van der Waals surface area contributed by atoms with Crippen molar-refractivity contribution in [2.24, 2.45) is 0 Å². The number of allylic oxidation sites excluding steroid dienone is 3. The Morgan fingerprint density at radius 3 is 2.50 bits per heavy atom. The molecule has 0 aliphatic heterocycles. The highest BCUT2D eigenvalue weighted by Crippen LogP contribution is 2.16. The summed E-state index contributed by atoms with van der Waals surface area (Å²) in [6.45, 7) is 10.1. The van der Waals surface area contributed by atoms with Gasteiger partial charge in [-0.15, -0.1) is 11.6 Å². The first-order chi connectivity index (χ1) is 5.57. The second-order valence-electron chi connectivity index (χ2n) is 3.31. The first-order valence-electron chi connectivity index (χ1n) is 4.53. The van der Waals surface area contributed by atoms with Crippen molar-refractivity contribution >= 4 is 11.6 Å². The highest BCUT2D eigenvalue weighted by atomic mass is 35.5. The molecule has 1 heteroatoms. The Hall–Kier alpha value is -0.230. The molecule has 70 valence electrons. The Kier molecular flexibility index (Phi) is 6.18. The molecule has 0 spiro atoms. The predicted molar refractivity (Wildman–Crippen MR) is 57.7 cm³/mol. The van der Waals surface area contributed by atoms with Crippen LogP contribution in [0.2, 0.25) is 0 Å². The van der Waals surface area contributed by atoms with Crippen molar-refractivity contribution in [3.8, 4) is 0 Å². The summed E-state index contributed by atoms with van der Waals surface area (Å²) in [6.07, 6.45) is 5.47. The van der Waals surface area contributed by atoms with Gasteiger partial charge in [0.15, 0.2) is 0 Å². The molecule has 0 aromatic carbocycles. The van der Waals surface area contributed by atoms with E-state index in [9.17, 15) is 0 Å². The molecule has 0 fully saturated rings. The number of hydrogen-bond donors (Lipinski definition) is 0. The zero-order valence-corrected chi connectivity index (χ0v) is 9.12. The standard InChI is InChI=1S/C11H19Cl/c1-5-6-10(4)7-8-11(12)9(2)3/h6,11H,2,5,7-8H2,1,3-4H3/b10-6+. The lowest BCUT2D eigenvalue weighted by Crippen LogP contribution is -1.98. The highest BCUT2D eigenvalue weighted by molar-refractivity contribution is 6.22. The van der Waals surface area contributed by atoms with Gasteiger partial charge in [-0.25, -0.2) is 0 Å². The van der Waals surface area contributed by atoms with Crippen LogP contribution in [0, 0.1) is 0 Å². The molecule has 0 aliphatic rings. The normalized spacial score (nSPS) is 14.5. The molecular weight excluding hydrogens is 168 g/mol. The maximum absolute atomic E-state index is 6.03. The highest BCUT2D eigenvalue weighted by Gasteiger charge is 2.03. The van der Waals surface area contributed by atoms with Gasteiger partial charge in [-0.05, 0) is 33.1 Å². The zero-order chi connectivity index (χ0) is 9.56. The summed E-state index contributed by atoms with van der Waals surface area (Å²) < 4.78 is 0. The van der Waals surface area contributed by atoms with Crippen LogP contribution >= 0.6 is 11.6 Å². The first kappa shape index (κ1) is 11.8. The van der Waals surface area contributed by atoms with Gasteiger partial charge in [-0.3, -0.25) is 0 Å². The average Bonchev–Trinajstić information content (AvgIpc) is 2.00. The van der Waals surface area contributed by atoms with Crippen LogP contribution in [-0.4, -0.2) is 5.38 Å². The van der Waals surface area contributed by atoms with Crippen LogP contribution in [-0.2, 0) is 0 Å². The van der Waals surface area contributed by atoms with Crippen molar-refractivity contribution in [1.29, 1.82) is 0 Å². The Balaban J connectivity index is 3.68. The van der Waals surface area contributed by atoms with Gasteiger partial charge in [-0.1, -0.05) is 30.7 Å². The monoisotopic (exact) mass is 186 g/mol. The molecule has 0 rings (SSSR count). The van der Waals surface area contributed by atoms with Crippen molar-refractivity contribution in [3.63, 3.8) is 0 Å². The van der Waals surface area contributed by atoms with Gasteiger partial charge in [0, 0.05) is 0 Å². The topological polar surface area (TPSA) is 0 Å².